The quantitative estimate of drug-likeness (QED) is 0.924. The summed E-state index contributed by atoms with van der Waals surface area (Å²) in [5.41, 5.74) is 7.23. The zero-order valence-electron chi connectivity index (χ0n) is 10.7. The Kier molecular flexibility index (Phi) is 6.57. The minimum Gasteiger partial charge on any atom is -0.328 e. The molecule has 0 saturated carbocycles. The second kappa shape index (κ2) is 7.43. The van der Waals surface area contributed by atoms with Crippen molar-refractivity contribution in [1.82, 2.24) is 9.88 Å². The Labute approximate surface area is 124 Å². The van der Waals surface area contributed by atoms with Gasteiger partial charge in [-0.2, -0.15) is 0 Å². The van der Waals surface area contributed by atoms with Gasteiger partial charge in [-0.3, -0.25) is 9.88 Å². The molecule has 2 rings (SSSR count). The summed E-state index contributed by atoms with van der Waals surface area (Å²) in [5, 5.41) is 0. The minimum absolute atomic E-state index is 0. The van der Waals surface area contributed by atoms with Gasteiger partial charge in [0.15, 0.2) is 0 Å². The number of hydrogen-bond acceptors (Lipinski definition) is 3. The van der Waals surface area contributed by atoms with E-state index in [0.29, 0.717) is 12.0 Å². The molecule has 1 unspecified atom stereocenters. The lowest BCUT2D eigenvalue weighted by atomic mass is 9.91. The van der Waals surface area contributed by atoms with Crippen molar-refractivity contribution >= 4 is 28.3 Å². The molecule has 0 bridgehead atoms. The predicted octanol–water partition coefficient (Wildman–Crippen LogP) is 2.83. The van der Waals surface area contributed by atoms with Gasteiger partial charge >= 0.3 is 0 Å². The van der Waals surface area contributed by atoms with Crippen LogP contribution in [-0.4, -0.2) is 29.0 Å². The smallest absolute Gasteiger partial charge is 0.0410 e. The van der Waals surface area contributed by atoms with Crippen molar-refractivity contribution in [2.45, 2.75) is 32.4 Å². The van der Waals surface area contributed by atoms with E-state index in [1.165, 1.54) is 18.4 Å². The summed E-state index contributed by atoms with van der Waals surface area (Å²) in [4.78, 5) is 6.69. The van der Waals surface area contributed by atoms with E-state index in [-0.39, 0.29) is 12.4 Å². The molecule has 0 spiro atoms. The highest BCUT2D eigenvalue weighted by Crippen LogP contribution is 2.21. The third-order valence-corrected chi connectivity index (χ3v) is 3.98. The molecule has 3 nitrogen and oxygen atoms in total. The van der Waals surface area contributed by atoms with Gasteiger partial charge in [0.05, 0.1) is 0 Å². The van der Waals surface area contributed by atoms with Gasteiger partial charge in [0, 0.05) is 29.5 Å². The number of nitrogens with two attached hydrogens (primary N) is 1. The van der Waals surface area contributed by atoms with E-state index in [9.17, 15) is 0 Å². The molecular formula is C13H21BrClN3. The molecule has 0 aliphatic carbocycles. The van der Waals surface area contributed by atoms with Crippen LogP contribution >= 0.6 is 28.3 Å². The Morgan fingerprint density at radius 2 is 2.11 bits per heavy atom. The predicted molar refractivity (Wildman–Crippen MR) is 80.8 cm³/mol. The molecule has 18 heavy (non-hydrogen) atoms. The molecule has 1 aromatic heterocycles. The highest BCUT2D eigenvalue weighted by Gasteiger charge is 2.21. The molecule has 5 heteroatoms. The number of piperidine rings is 1. The Hall–Kier alpha value is -0.160. The molecule has 1 fully saturated rings. The number of halogens is 2. The molecule has 1 aliphatic heterocycles. The van der Waals surface area contributed by atoms with Gasteiger partial charge in [-0.1, -0.05) is 0 Å². The van der Waals surface area contributed by atoms with Crippen molar-refractivity contribution in [3.63, 3.8) is 0 Å². The Bertz CT molecular complexity index is 365. The monoisotopic (exact) mass is 333 g/mol. The highest BCUT2D eigenvalue weighted by molar-refractivity contribution is 9.10. The van der Waals surface area contributed by atoms with Crippen molar-refractivity contribution < 1.29 is 0 Å². The van der Waals surface area contributed by atoms with Crippen LogP contribution < -0.4 is 5.73 Å². The fraction of sp³-hybridized carbons (Fsp3) is 0.615. The first-order valence-corrected chi connectivity index (χ1v) is 7.02. The van der Waals surface area contributed by atoms with Crippen molar-refractivity contribution in [2.75, 3.05) is 13.1 Å². The molecular weight excluding hydrogens is 314 g/mol. The Balaban J connectivity index is 0.00000162. The van der Waals surface area contributed by atoms with Crippen molar-refractivity contribution in [1.29, 1.82) is 0 Å². The number of hydrogen-bond donors (Lipinski definition) is 1. The molecule has 2 heterocycles. The lowest BCUT2D eigenvalue weighted by Crippen LogP contribution is -2.39. The fourth-order valence-corrected chi connectivity index (χ4v) is 2.85. The van der Waals surface area contributed by atoms with Crippen LogP contribution in [0, 0.1) is 5.92 Å². The van der Waals surface area contributed by atoms with Gasteiger partial charge in [0.1, 0.15) is 0 Å². The number of pyridine rings is 1. The largest absolute Gasteiger partial charge is 0.328 e. The number of aromatic nitrogens is 1. The van der Waals surface area contributed by atoms with Gasteiger partial charge in [0.2, 0.25) is 0 Å². The van der Waals surface area contributed by atoms with Crippen molar-refractivity contribution in [2.24, 2.45) is 11.7 Å². The molecule has 102 valence electrons. The van der Waals surface area contributed by atoms with Gasteiger partial charge in [-0.05, 0) is 66.3 Å². The van der Waals surface area contributed by atoms with Gasteiger partial charge < -0.3 is 5.73 Å². The topological polar surface area (TPSA) is 42.1 Å². The van der Waals surface area contributed by atoms with Crippen LogP contribution in [0.2, 0.25) is 0 Å². The number of likely N-dealkylation sites (tertiary alicyclic amines) is 1. The molecule has 0 radical (unpaired) electrons. The van der Waals surface area contributed by atoms with E-state index in [1.807, 2.05) is 12.4 Å². The molecule has 1 aromatic rings. The maximum Gasteiger partial charge on any atom is 0.0410 e. The highest BCUT2D eigenvalue weighted by atomic mass is 79.9. The average Bonchev–Trinajstić information content (AvgIpc) is 2.29. The van der Waals surface area contributed by atoms with Crippen molar-refractivity contribution in [3.8, 4) is 0 Å². The second-order valence-corrected chi connectivity index (χ2v) is 5.90. The van der Waals surface area contributed by atoms with Crippen LogP contribution in [0.4, 0.5) is 0 Å². The maximum atomic E-state index is 5.95. The molecule has 1 aliphatic rings. The maximum absolute atomic E-state index is 5.95. The van der Waals surface area contributed by atoms with E-state index in [0.717, 1.165) is 24.1 Å². The zero-order chi connectivity index (χ0) is 12.3. The van der Waals surface area contributed by atoms with E-state index in [1.54, 1.807) is 0 Å². The first kappa shape index (κ1) is 15.9. The zero-order valence-corrected chi connectivity index (χ0v) is 13.1. The third-order valence-electron chi connectivity index (χ3n) is 3.54. The van der Waals surface area contributed by atoms with Crippen LogP contribution in [0.15, 0.2) is 22.9 Å². The van der Waals surface area contributed by atoms with Gasteiger partial charge in [-0.25, -0.2) is 0 Å². The minimum atomic E-state index is 0. The van der Waals surface area contributed by atoms with Gasteiger partial charge in [0.25, 0.3) is 0 Å². The second-order valence-electron chi connectivity index (χ2n) is 4.98. The summed E-state index contributed by atoms with van der Waals surface area (Å²) in [6.45, 7) is 5.42. The summed E-state index contributed by atoms with van der Waals surface area (Å²) >= 11 is 3.46. The third kappa shape index (κ3) is 4.50. The first-order chi connectivity index (χ1) is 8.15. The summed E-state index contributed by atoms with van der Waals surface area (Å²) < 4.78 is 1.06. The summed E-state index contributed by atoms with van der Waals surface area (Å²) in [6, 6.07) is 2.48. The molecule has 0 amide bonds. The molecule has 0 aromatic carbocycles. The summed E-state index contributed by atoms with van der Waals surface area (Å²) in [7, 11) is 0. The SMILES string of the molecule is CC(N)C1CCN(Cc2cncc(Br)c2)CC1.Cl. The molecule has 1 saturated heterocycles. The Morgan fingerprint density at radius 3 is 2.67 bits per heavy atom. The van der Waals surface area contributed by atoms with Gasteiger partial charge in [-0.15, -0.1) is 12.4 Å². The number of nitrogens with zero attached hydrogens (tertiary/aromatic N) is 2. The molecule has 2 N–H and O–H groups in total. The first-order valence-electron chi connectivity index (χ1n) is 6.22. The van der Waals surface area contributed by atoms with Crippen LogP contribution in [0.3, 0.4) is 0 Å². The number of rotatable bonds is 3. The van der Waals surface area contributed by atoms with E-state index in [4.69, 9.17) is 5.73 Å². The lowest BCUT2D eigenvalue weighted by molar-refractivity contribution is 0.165. The van der Waals surface area contributed by atoms with E-state index in [2.05, 4.69) is 38.8 Å². The van der Waals surface area contributed by atoms with Crippen LogP contribution in [0.1, 0.15) is 25.3 Å². The summed E-state index contributed by atoms with van der Waals surface area (Å²) in [5.74, 6) is 0.701. The Morgan fingerprint density at radius 1 is 1.44 bits per heavy atom. The van der Waals surface area contributed by atoms with E-state index >= 15 is 0 Å². The normalized spacial score (nSPS) is 19.3. The van der Waals surface area contributed by atoms with Crippen LogP contribution in [-0.2, 0) is 6.54 Å². The van der Waals surface area contributed by atoms with Crippen LogP contribution in [0.25, 0.3) is 0 Å². The lowest BCUT2D eigenvalue weighted by Gasteiger charge is -2.33. The standard InChI is InChI=1S/C13H20BrN3.ClH/c1-10(15)12-2-4-17(5-3-12)9-11-6-13(14)8-16-7-11;/h6-8,10,12H,2-5,9,15H2,1H3;1H. The van der Waals surface area contributed by atoms with Crippen LogP contribution in [0.5, 0.6) is 0 Å². The van der Waals surface area contributed by atoms with E-state index < -0.39 is 0 Å². The average molecular weight is 335 g/mol. The summed E-state index contributed by atoms with van der Waals surface area (Å²) in [6.07, 6.45) is 6.21. The fourth-order valence-electron chi connectivity index (χ4n) is 2.44. The molecule has 1 atom stereocenters. The van der Waals surface area contributed by atoms with Crippen molar-refractivity contribution in [3.05, 3.63) is 28.5 Å².